The normalized spacial score (nSPS) is 10.6. The lowest BCUT2D eigenvalue weighted by Gasteiger charge is -2.05. The molecule has 0 aliphatic carbocycles. The molecule has 1 rings (SSSR count). The first-order chi connectivity index (χ1) is 8.38. The molecule has 1 aromatic rings. The zero-order valence-corrected chi connectivity index (χ0v) is 10.9. The number of methoxy groups -OCH3 is 1. The minimum Gasteiger partial charge on any atom is -0.383 e. The summed E-state index contributed by atoms with van der Waals surface area (Å²) in [5.74, 6) is 0.959. The maximum absolute atomic E-state index is 4.95. The summed E-state index contributed by atoms with van der Waals surface area (Å²) in [7, 11) is 1.69. The first-order valence-electron chi connectivity index (χ1n) is 5.58. The molecule has 6 nitrogen and oxygen atoms in total. The Morgan fingerprint density at radius 1 is 1.53 bits per heavy atom. The van der Waals surface area contributed by atoms with Gasteiger partial charge < -0.3 is 10.1 Å². The van der Waals surface area contributed by atoms with Crippen LogP contribution < -0.4 is 5.32 Å². The first-order valence-corrected chi connectivity index (χ1v) is 6.56. The van der Waals surface area contributed by atoms with Crippen molar-refractivity contribution < 1.29 is 4.74 Å². The average Bonchev–Trinajstić information content (AvgIpc) is 2.77. The van der Waals surface area contributed by atoms with Crippen LogP contribution in [0.3, 0.4) is 0 Å². The van der Waals surface area contributed by atoms with E-state index in [9.17, 15) is 0 Å². The molecule has 0 aromatic carbocycles. The smallest absolute Gasteiger partial charge is 0.209 e. The van der Waals surface area contributed by atoms with E-state index >= 15 is 0 Å². The third kappa shape index (κ3) is 5.81. The van der Waals surface area contributed by atoms with Crippen LogP contribution in [-0.2, 0) is 11.3 Å². The Balaban J connectivity index is 2.22. The van der Waals surface area contributed by atoms with E-state index in [4.69, 9.17) is 4.74 Å². The van der Waals surface area contributed by atoms with Gasteiger partial charge in [0.1, 0.15) is 0 Å². The highest BCUT2D eigenvalue weighted by atomic mass is 32.2. The van der Waals surface area contributed by atoms with Gasteiger partial charge in [0.2, 0.25) is 5.16 Å². The molecule has 1 aromatic heterocycles. The van der Waals surface area contributed by atoms with E-state index in [1.165, 1.54) is 0 Å². The lowest BCUT2D eigenvalue weighted by molar-refractivity contribution is 0.199. The van der Waals surface area contributed by atoms with Crippen molar-refractivity contribution in [2.24, 2.45) is 0 Å². The Hall–Kier alpha value is -0.920. The molecule has 0 radical (unpaired) electrons. The van der Waals surface area contributed by atoms with Crippen LogP contribution in [0.5, 0.6) is 0 Å². The van der Waals surface area contributed by atoms with Gasteiger partial charge in [-0.15, -0.1) is 11.7 Å². The summed E-state index contributed by atoms with van der Waals surface area (Å²) < 4.78 is 6.76. The maximum atomic E-state index is 4.95. The number of hydrogen-bond acceptors (Lipinski definition) is 6. The molecule has 0 bridgehead atoms. The minimum absolute atomic E-state index is 0.719. The minimum atomic E-state index is 0.719. The SMILES string of the molecule is C=CCCSc1nnnn1CCNCCOC. The van der Waals surface area contributed by atoms with Crippen LogP contribution >= 0.6 is 11.8 Å². The summed E-state index contributed by atoms with van der Waals surface area (Å²) in [6.45, 7) is 6.86. The predicted octanol–water partition coefficient (Wildman–Crippen LogP) is 0.577. The van der Waals surface area contributed by atoms with Crippen LogP contribution in [-0.4, -0.2) is 52.8 Å². The lowest BCUT2D eigenvalue weighted by Crippen LogP contribution is -2.24. The number of ether oxygens (including phenoxy) is 1. The Bertz CT molecular complexity index is 317. The van der Waals surface area contributed by atoms with Gasteiger partial charge in [0.25, 0.3) is 0 Å². The Morgan fingerprint density at radius 2 is 2.41 bits per heavy atom. The number of hydrogen-bond donors (Lipinski definition) is 1. The molecule has 17 heavy (non-hydrogen) atoms. The van der Waals surface area contributed by atoms with Crippen LogP contribution in [0, 0.1) is 0 Å². The van der Waals surface area contributed by atoms with E-state index in [0.717, 1.165) is 43.6 Å². The molecule has 0 amide bonds. The largest absolute Gasteiger partial charge is 0.383 e. The van der Waals surface area contributed by atoms with E-state index in [1.807, 2.05) is 10.8 Å². The van der Waals surface area contributed by atoms with Gasteiger partial charge in [0, 0.05) is 26.0 Å². The monoisotopic (exact) mass is 257 g/mol. The number of rotatable bonds is 10. The van der Waals surface area contributed by atoms with Gasteiger partial charge >= 0.3 is 0 Å². The molecule has 0 aliphatic rings. The van der Waals surface area contributed by atoms with Gasteiger partial charge in [-0.2, -0.15) is 0 Å². The lowest BCUT2D eigenvalue weighted by atomic mass is 10.5. The molecule has 96 valence electrons. The third-order valence-corrected chi connectivity index (χ3v) is 3.03. The highest BCUT2D eigenvalue weighted by Crippen LogP contribution is 2.14. The maximum Gasteiger partial charge on any atom is 0.209 e. The summed E-state index contributed by atoms with van der Waals surface area (Å²) in [6, 6.07) is 0. The third-order valence-electron chi connectivity index (χ3n) is 2.04. The highest BCUT2D eigenvalue weighted by molar-refractivity contribution is 7.99. The van der Waals surface area contributed by atoms with Gasteiger partial charge in [-0.05, 0) is 16.8 Å². The summed E-state index contributed by atoms with van der Waals surface area (Å²) >= 11 is 1.65. The Labute approximate surface area is 106 Å². The van der Waals surface area contributed by atoms with Crippen molar-refractivity contribution in [2.75, 3.05) is 32.6 Å². The molecule has 0 unspecified atom stereocenters. The second-order valence-corrected chi connectivity index (χ2v) is 4.42. The van der Waals surface area contributed by atoms with E-state index < -0.39 is 0 Å². The Kier molecular flexibility index (Phi) is 7.61. The molecular formula is C10H19N5OS. The molecule has 0 saturated carbocycles. The zero-order valence-electron chi connectivity index (χ0n) is 10.1. The summed E-state index contributed by atoms with van der Waals surface area (Å²) in [6.07, 6.45) is 2.86. The van der Waals surface area contributed by atoms with Crippen LogP contribution in [0.2, 0.25) is 0 Å². The second kappa shape index (κ2) is 9.15. The van der Waals surface area contributed by atoms with Gasteiger partial charge in [-0.1, -0.05) is 17.8 Å². The average molecular weight is 257 g/mol. The molecule has 0 spiro atoms. The molecule has 0 fully saturated rings. The fraction of sp³-hybridized carbons (Fsp3) is 0.700. The highest BCUT2D eigenvalue weighted by Gasteiger charge is 2.05. The van der Waals surface area contributed by atoms with E-state index in [1.54, 1.807) is 18.9 Å². The summed E-state index contributed by atoms with van der Waals surface area (Å²) in [5.41, 5.74) is 0. The quantitative estimate of drug-likeness (QED) is 0.376. The van der Waals surface area contributed by atoms with Crippen molar-refractivity contribution in [3.8, 4) is 0 Å². The van der Waals surface area contributed by atoms with Crippen molar-refractivity contribution >= 4 is 11.8 Å². The first kappa shape index (κ1) is 14.1. The van der Waals surface area contributed by atoms with Crippen molar-refractivity contribution in [3.05, 3.63) is 12.7 Å². The number of thioether (sulfide) groups is 1. The van der Waals surface area contributed by atoms with Crippen molar-refractivity contribution in [1.29, 1.82) is 0 Å². The standard InChI is InChI=1S/C10H19N5OS/c1-3-4-9-17-10-12-13-14-15(10)7-5-11-6-8-16-2/h3,11H,1,4-9H2,2H3. The van der Waals surface area contributed by atoms with Crippen molar-refractivity contribution in [1.82, 2.24) is 25.5 Å². The zero-order chi connectivity index (χ0) is 12.3. The Morgan fingerprint density at radius 3 is 3.18 bits per heavy atom. The number of tetrazole rings is 1. The molecule has 0 aliphatic heterocycles. The van der Waals surface area contributed by atoms with Gasteiger partial charge in [-0.3, -0.25) is 0 Å². The molecule has 0 saturated heterocycles. The summed E-state index contributed by atoms with van der Waals surface area (Å²) in [5, 5.41) is 15.7. The molecule has 1 heterocycles. The van der Waals surface area contributed by atoms with E-state index in [-0.39, 0.29) is 0 Å². The number of aromatic nitrogens is 4. The predicted molar refractivity (Wildman–Crippen MR) is 68.1 cm³/mol. The fourth-order valence-electron chi connectivity index (χ4n) is 1.16. The second-order valence-electron chi connectivity index (χ2n) is 3.35. The van der Waals surface area contributed by atoms with E-state index in [2.05, 4.69) is 27.4 Å². The van der Waals surface area contributed by atoms with Crippen molar-refractivity contribution in [2.45, 2.75) is 18.1 Å². The van der Waals surface area contributed by atoms with Gasteiger partial charge in [0.05, 0.1) is 13.2 Å². The molecule has 7 heteroatoms. The van der Waals surface area contributed by atoms with Crippen LogP contribution in [0.1, 0.15) is 6.42 Å². The number of nitrogens with zero attached hydrogens (tertiary/aromatic N) is 4. The van der Waals surface area contributed by atoms with Gasteiger partial charge in [-0.25, -0.2) is 4.68 Å². The summed E-state index contributed by atoms with van der Waals surface area (Å²) in [4.78, 5) is 0. The fourth-order valence-corrected chi connectivity index (χ4v) is 2.00. The van der Waals surface area contributed by atoms with Gasteiger partial charge in [0.15, 0.2) is 0 Å². The molecule has 1 N–H and O–H groups in total. The van der Waals surface area contributed by atoms with Crippen LogP contribution in [0.25, 0.3) is 0 Å². The van der Waals surface area contributed by atoms with Crippen LogP contribution in [0.15, 0.2) is 17.8 Å². The van der Waals surface area contributed by atoms with E-state index in [0.29, 0.717) is 0 Å². The van der Waals surface area contributed by atoms with Crippen LogP contribution in [0.4, 0.5) is 0 Å². The number of allylic oxidation sites excluding steroid dienone is 1. The molecule has 0 atom stereocenters. The van der Waals surface area contributed by atoms with Crippen molar-refractivity contribution in [3.63, 3.8) is 0 Å². The molecular weight excluding hydrogens is 238 g/mol. The topological polar surface area (TPSA) is 64.9 Å². The number of nitrogens with one attached hydrogen (secondary N) is 1.